The summed E-state index contributed by atoms with van der Waals surface area (Å²) in [5, 5.41) is 8.99. The second-order valence-electron chi connectivity index (χ2n) is 9.81. The van der Waals surface area contributed by atoms with Gasteiger partial charge in [0.2, 0.25) is 0 Å². The number of carbonyl (C=O) groups excluding carboxylic acids is 1. The number of aromatic nitrogens is 2. The van der Waals surface area contributed by atoms with Crippen molar-refractivity contribution in [3.05, 3.63) is 83.8 Å². The summed E-state index contributed by atoms with van der Waals surface area (Å²) in [4.78, 5) is 38.1. The van der Waals surface area contributed by atoms with Crippen LogP contribution in [0, 0.1) is 5.82 Å². The second kappa shape index (κ2) is 12.1. The van der Waals surface area contributed by atoms with E-state index in [0.29, 0.717) is 60.3 Å². The van der Waals surface area contributed by atoms with Gasteiger partial charge in [0.05, 0.1) is 29.5 Å². The van der Waals surface area contributed by atoms with Gasteiger partial charge in [0, 0.05) is 49.4 Å². The number of piperazine rings is 1. The van der Waals surface area contributed by atoms with Crippen LogP contribution in [0.15, 0.2) is 66.7 Å². The molecule has 2 heterocycles. The largest absolute Gasteiger partial charge is 0.497 e. The van der Waals surface area contributed by atoms with Gasteiger partial charge in [-0.25, -0.2) is 14.4 Å². The topological polar surface area (TPSA) is 95.9 Å². The molecule has 0 aliphatic carbocycles. The molecule has 1 fully saturated rings. The van der Waals surface area contributed by atoms with Gasteiger partial charge < -0.3 is 19.6 Å². The molecule has 0 atom stereocenters. The summed E-state index contributed by atoms with van der Waals surface area (Å²) in [6.07, 6.45) is 1.74. The highest BCUT2D eigenvalue weighted by atomic mass is 19.1. The van der Waals surface area contributed by atoms with Crippen molar-refractivity contribution in [2.75, 3.05) is 38.2 Å². The molecule has 1 N–H and O–H groups in total. The van der Waals surface area contributed by atoms with Crippen molar-refractivity contribution in [1.29, 1.82) is 0 Å². The molecule has 1 saturated heterocycles. The lowest BCUT2D eigenvalue weighted by Crippen LogP contribution is -2.48. The lowest BCUT2D eigenvalue weighted by molar-refractivity contribution is -0.137. The van der Waals surface area contributed by atoms with Crippen LogP contribution in [0.5, 0.6) is 5.75 Å². The summed E-state index contributed by atoms with van der Waals surface area (Å²) >= 11 is 0. The first-order chi connectivity index (χ1) is 19.4. The fourth-order valence-electron chi connectivity index (χ4n) is 4.95. The summed E-state index contributed by atoms with van der Waals surface area (Å²) in [5.41, 5.74) is 4.95. The first-order valence-corrected chi connectivity index (χ1v) is 13.4. The van der Waals surface area contributed by atoms with Crippen LogP contribution in [0.2, 0.25) is 0 Å². The number of carbonyl (C=O) groups is 2. The number of benzene rings is 3. The normalized spacial score (nSPS) is 13.4. The quantitative estimate of drug-likeness (QED) is 0.290. The summed E-state index contributed by atoms with van der Waals surface area (Å²) in [5.74, 6) is -0.418. The van der Waals surface area contributed by atoms with E-state index in [4.69, 9.17) is 19.8 Å². The van der Waals surface area contributed by atoms with Crippen molar-refractivity contribution in [2.24, 2.45) is 0 Å². The summed E-state index contributed by atoms with van der Waals surface area (Å²) in [7, 11) is 1.64. The van der Waals surface area contributed by atoms with Gasteiger partial charge in [0.1, 0.15) is 11.6 Å². The third-order valence-electron chi connectivity index (χ3n) is 7.16. The van der Waals surface area contributed by atoms with Crippen LogP contribution in [0.1, 0.15) is 35.3 Å². The first kappa shape index (κ1) is 27.1. The van der Waals surface area contributed by atoms with E-state index in [1.165, 1.54) is 12.1 Å². The van der Waals surface area contributed by atoms with E-state index in [9.17, 15) is 14.0 Å². The average Bonchev–Trinajstić information content (AvgIpc) is 2.99. The van der Waals surface area contributed by atoms with Crippen molar-refractivity contribution in [1.82, 2.24) is 14.9 Å². The number of unbranched alkanes of at least 4 members (excludes halogenated alkanes) is 1. The van der Waals surface area contributed by atoms with Crippen LogP contribution in [0.25, 0.3) is 22.3 Å². The van der Waals surface area contributed by atoms with Crippen molar-refractivity contribution in [3.8, 4) is 17.0 Å². The van der Waals surface area contributed by atoms with Crippen LogP contribution in [0.3, 0.4) is 0 Å². The Morgan fingerprint density at radius 1 is 0.900 bits per heavy atom. The Morgan fingerprint density at radius 3 is 2.30 bits per heavy atom. The van der Waals surface area contributed by atoms with Crippen LogP contribution in [-0.4, -0.2) is 65.1 Å². The number of fused-ring (bicyclic) bond motifs is 1. The Bertz CT molecular complexity index is 1500. The molecule has 1 aliphatic rings. The minimum absolute atomic E-state index is 0.0521. The summed E-state index contributed by atoms with van der Waals surface area (Å²) < 4.78 is 18.8. The molecule has 0 spiro atoms. The maximum Gasteiger partial charge on any atom is 0.303 e. The molecule has 0 unspecified atom stereocenters. The van der Waals surface area contributed by atoms with E-state index in [1.54, 1.807) is 37.4 Å². The summed E-state index contributed by atoms with van der Waals surface area (Å²) in [6, 6.07) is 19.4. The maximum absolute atomic E-state index is 13.6. The predicted molar refractivity (Wildman–Crippen MR) is 151 cm³/mol. The van der Waals surface area contributed by atoms with Gasteiger partial charge >= 0.3 is 5.97 Å². The molecule has 0 saturated carbocycles. The van der Waals surface area contributed by atoms with Crippen molar-refractivity contribution in [2.45, 2.75) is 25.7 Å². The molecule has 9 heteroatoms. The number of amides is 1. The van der Waals surface area contributed by atoms with Gasteiger partial charge in [0.25, 0.3) is 5.91 Å². The van der Waals surface area contributed by atoms with E-state index in [-0.39, 0.29) is 18.1 Å². The molecule has 3 aromatic carbocycles. The zero-order chi connectivity index (χ0) is 28.1. The van der Waals surface area contributed by atoms with E-state index in [2.05, 4.69) is 4.90 Å². The molecular weight excluding hydrogens is 511 g/mol. The highest BCUT2D eigenvalue weighted by Crippen LogP contribution is 2.27. The number of rotatable bonds is 9. The number of anilines is 1. The van der Waals surface area contributed by atoms with Gasteiger partial charge in [-0.1, -0.05) is 0 Å². The Hall–Kier alpha value is -4.53. The number of carboxylic acid groups (broad SMARTS) is 1. The Balaban J connectivity index is 1.34. The van der Waals surface area contributed by atoms with Gasteiger partial charge in [-0.15, -0.1) is 0 Å². The molecule has 4 aromatic rings. The van der Waals surface area contributed by atoms with Gasteiger partial charge in [-0.05, 0) is 86.0 Å². The highest BCUT2D eigenvalue weighted by Gasteiger charge is 2.23. The molecule has 206 valence electrons. The zero-order valence-corrected chi connectivity index (χ0v) is 22.3. The number of methoxy groups -OCH3 is 1. The molecule has 8 nitrogen and oxygen atoms in total. The average molecular weight is 543 g/mol. The molecule has 1 amide bonds. The van der Waals surface area contributed by atoms with Gasteiger partial charge in [0.15, 0.2) is 0 Å². The molecule has 1 aromatic heterocycles. The number of aryl methyl sites for hydroxylation is 1. The maximum atomic E-state index is 13.6. The third kappa shape index (κ3) is 6.20. The Morgan fingerprint density at radius 2 is 1.62 bits per heavy atom. The number of halogens is 1. The zero-order valence-electron chi connectivity index (χ0n) is 22.3. The number of hydrogen-bond donors (Lipinski definition) is 1. The number of carboxylic acids is 1. The highest BCUT2D eigenvalue weighted by molar-refractivity contribution is 5.97. The number of nitrogens with zero attached hydrogens (tertiary/aromatic N) is 4. The molecule has 1 aliphatic heterocycles. The molecular formula is C31H31FN4O4. The van der Waals surface area contributed by atoms with Crippen LogP contribution >= 0.6 is 0 Å². The lowest BCUT2D eigenvalue weighted by atomic mass is 10.0. The van der Waals surface area contributed by atoms with Crippen LogP contribution in [0.4, 0.5) is 10.1 Å². The smallest absolute Gasteiger partial charge is 0.303 e. The van der Waals surface area contributed by atoms with E-state index < -0.39 is 5.97 Å². The molecule has 0 bridgehead atoms. The fraction of sp³-hybridized carbons (Fsp3) is 0.290. The molecule has 0 radical (unpaired) electrons. The SMILES string of the molecule is COc1ccc(N2CCN(C(=O)c3ccc4nc(-c5ccc(F)cc5)c(CCCCC(=O)O)nc4c3)CC2)cc1. The number of ether oxygens (including phenoxy) is 1. The Labute approximate surface area is 232 Å². The number of hydrogen-bond acceptors (Lipinski definition) is 6. The minimum atomic E-state index is -0.837. The van der Waals surface area contributed by atoms with E-state index in [0.717, 1.165) is 30.1 Å². The van der Waals surface area contributed by atoms with Gasteiger partial charge in [-0.3, -0.25) is 9.59 Å². The number of aliphatic carboxylic acids is 1. The monoisotopic (exact) mass is 542 g/mol. The lowest BCUT2D eigenvalue weighted by Gasteiger charge is -2.36. The van der Waals surface area contributed by atoms with Crippen molar-refractivity contribution in [3.63, 3.8) is 0 Å². The van der Waals surface area contributed by atoms with Crippen molar-refractivity contribution >= 4 is 28.6 Å². The van der Waals surface area contributed by atoms with Gasteiger partial charge in [-0.2, -0.15) is 0 Å². The second-order valence-corrected chi connectivity index (χ2v) is 9.81. The Kier molecular flexibility index (Phi) is 8.19. The fourth-order valence-corrected chi connectivity index (χ4v) is 4.95. The standard InChI is InChI=1S/C31H31FN4O4/c1-40-25-13-11-24(12-14-25)35-16-18-36(19-17-35)31(39)22-8-15-26-28(20-22)33-27(4-2-3-5-29(37)38)30(34-26)21-6-9-23(32)10-7-21/h6-15,20H,2-5,16-19H2,1H3,(H,37,38). The third-order valence-corrected chi connectivity index (χ3v) is 7.16. The van der Waals surface area contributed by atoms with Crippen molar-refractivity contribution < 1.29 is 23.8 Å². The predicted octanol–water partition coefficient (Wildman–Crippen LogP) is 5.20. The molecule has 5 rings (SSSR count). The van der Waals surface area contributed by atoms with E-state index in [1.807, 2.05) is 29.2 Å². The summed E-state index contributed by atoms with van der Waals surface area (Å²) in [6.45, 7) is 2.67. The van der Waals surface area contributed by atoms with Crippen LogP contribution < -0.4 is 9.64 Å². The van der Waals surface area contributed by atoms with Crippen LogP contribution in [-0.2, 0) is 11.2 Å². The van der Waals surface area contributed by atoms with E-state index >= 15 is 0 Å². The first-order valence-electron chi connectivity index (χ1n) is 13.4. The molecule has 40 heavy (non-hydrogen) atoms. The minimum Gasteiger partial charge on any atom is -0.497 e.